The lowest BCUT2D eigenvalue weighted by Gasteiger charge is -2.15. The third-order valence-corrected chi connectivity index (χ3v) is 4.50. The maximum atomic E-state index is 12.5. The van der Waals surface area contributed by atoms with Crippen LogP contribution in [0.15, 0.2) is 51.7 Å². The lowest BCUT2D eigenvalue weighted by atomic mass is 9.93. The molecule has 2 aromatic heterocycles. The van der Waals surface area contributed by atoms with E-state index in [4.69, 9.17) is 14.3 Å². The molecule has 1 aromatic carbocycles. The van der Waals surface area contributed by atoms with Gasteiger partial charge in [0.2, 0.25) is 0 Å². The van der Waals surface area contributed by atoms with E-state index in [1.807, 2.05) is 0 Å². The first-order valence-corrected chi connectivity index (χ1v) is 8.73. The predicted molar refractivity (Wildman–Crippen MR) is 103 cm³/mol. The summed E-state index contributed by atoms with van der Waals surface area (Å²) in [6, 6.07) is 10.8. The first kappa shape index (κ1) is 19.9. The molecule has 0 aliphatic heterocycles. The standard InChI is InChI=1S/C21H19NO7/c1-11-8-15(23)19(20(25)22-11)14(10-18(24)28-2)17-7-6-16(29-17)12-4-3-5-13(9-12)21(26)27/h3-9,14H,10H2,1-2H3,(H,26,27)(H2,22,23,25)/t14-/m1/s1. The number of rotatable bonds is 6. The van der Waals surface area contributed by atoms with Crippen molar-refractivity contribution in [3.05, 3.63) is 75.4 Å². The number of hydrogen-bond donors (Lipinski definition) is 3. The molecule has 0 aliphatic carbocycles. The van der Waals surface area contributed by atoms with E-state index >= 15 is 0 Å². The number of aromatic nitrogens is 1. The number of ether oxygens (including phenoxy) is 1. The van der Waals surface area contributed by atoms with Crippen LogP contribution >= 0.6 is 0 Å². The summed E-state index contributed by atoms with van der Waals surface area (Å²) < 4.78 is 10.6. The molecule has 2 heterocycles. The number of aromatic carboxylic acids is 1. The molecule has 0 aliphatic rings. The quantitative estimate of drug-likeness (QED) is 0.545. The molecule has 0 fully saturated rings. The van der Waals surface area contributed by atoms with Gasteiger partial charge in [0.25, 0.3) is 5.56 Å². The smallest absolute Gasteiger partial charge is 0.335 e. The molecule has 3 rings (SSSR count). The zero-order valence-corrected chi connectivity index (χ0v) is 15.8. The maximum Gasteiger partial charge on any atom is 0.335 e. The lowest BCUT2D eigenvalue weighted by Crippen LogP contribution is -2.20. The normalized spacial score (nSPS) is 11.8. The van der Waals surface area contributed by atoms with Crippen molar-refractivity contribution in [3.63, 3.8) is 0 Å². The van der Waals surface area contributed by atoms with E-state index in [0.717, 1.165) is 0 Å². The maximum absolute atomic E-state index is 12.5. The molecule has 29 heavy (non-hydrogen) atoms. The minimum atomic E-state index is -1.07. The molecule has 0 amide bonds. The Morgan fingerprint density at radius 2 is 1.97 bits per heavy atom. The summed E-state index contributed by atoms with van der Waals surface area (Å²) in [7, 11) is 1.23. The number of furan rings is 1. The highest BCUT2D eigenvalue weighted by Gasteiger charge is 2.28. The van der Waals surface area contributed by atoms with Crippen molar-refractivity contribution >= 4 is 11.9 Å². The minimum Gasteiger partial charge on any atom is -0.507 e. The second-order valence-electron chi connectivity index (χ2n) is 6.50. The second-order valence-corrected chi connectivity index (χ2v) is 6.50. The third kappa shape index (κ3) is 4.21. The molecule has 3 N–H and O–H groups in total. The Bertz CT molecular complexity index is 1130. The van der Waals surface area contributed by atoms with Crippen LogP contribution in [-0.4, -0.2) is 34.2 Å². The Morgan fingerprint density at radius 3 is 2.62 bits per heavy atom. The van der Waals surface area contributed by atoms with E-state index in [0.29, 0.717) is 17.0 Å². The number of aromatic amines is 1. The van der Waals surface area contributed by atoms with Crippen LogP contribution in [0.2, 0.25) is 0 Å². The summed E-state index contributed by atoms with van der Waals surface area (Å²) >= 11 is 0. The first-order chi connectivity index (χ1) is 13.8. The Hall–Kier alpha value is -3.81. The SMILES string of the molecule is COC(=O)C[C@H](c1ccc(-c2cccc(C(=O)O)c2)o1)c1c(O)cc(C)[nH]c1=O. The molecular formula is C21H19NO7. The summed E-state index contributed by atoms with van der Waals surface area (Å²) in [5.41, 5.74) is 0.538. The van der Waals surface area contributed by atoms with Gasteiger partial charge in [-0.3, -0.25) is 9.59 Å². The number of pyridine rings is 1. The molecule has 0 bridgehead atoms. The number of esters is 1. The van der Waals surface area contributed by atoms with Crippen LogP contribution in [0, 0.1) is 6.92 Å². The molecule has 0 radical (unpaired) electrons. The monoisotopic (exact) mass is 397 g/mol. The van der Waals surface area contributed by atoms with Gasteiger partial charge in [0.05, 0.1) is 30.6 Å². The Morgan fingerprint density at radius 1 is 1.21 bits per heavy atom. The fourth-order valence-corrected chi connectivity index (χ4v) is 3.11. The molecule has 0 unspecified atom stereocenters. The summed E-state index contributed by atoms with van der Waals surface area (Å²) in [6.07, 6.45) is -0.224. The number of carbonyl (C=O) groups excluding carboxylic acids is 1. The van der Waals surface area contributed by atoms with Crippen molar-refractivity contribution in [2.24, 2.45) is 0 Å². The second kappa shape index (κ2) is 8.05. The molecule has 0 saturated heterocycles. The number of carbonyl (C=O) groups is 2. The number of hydrogen-bond acceptors (Lipinski definition) is 6. The van der Waals surface area contributed by atoms with Gasteiger partial charge in [-0.05, 0) is 37.3 Å². The summed E-state index contributed by atoms with van der Waals surface area (Å²) in [4.78, 5) is 38.2. The van der Waals surface area contributed by atoms with Gasteiger partial charge >= 0.3 is 11.9 Å². The number of aromatic hydroxyl groups is 1. The average molecular weight is 397 g/mol. The third-order valence-electron chi connectivity index (χ3n) is 4.50. The van der Waals surface area contributed by atoms with Crippen molar-refractivity contribution in [1.29, 1.82) is 0 Å². The number of H-pyrrole nitrogens is 1. The molecule has 150 valence electrons. The Labute approximate surface area is 165 Å². The van der Waals surface area contributed by atoms with Crippen molar-refractivity contribution in [1.82, 2.24) is 4.98 Å². The van der Waals surface area contributed by atoms with E-state index in [9.17, 15) is 19.5 Å². The van der Waals surface area contributed by atoms with Gasteiger partial charge in [-0.1, -0.05) is 12.1 Å². The highest BCUT2D eigenvalue weighted by molar-refractivity contribution is 5.89. The average Bonchev–Trinajstić information content (AvgIpc) is 3.16. The van der Waals surface area contributed by atoms with Crippen molar-refractivity contribution in [2.45, 2.75) is 19.3 Å². The van der Waals surface area contributed by atoms with Gasteiger partial charge in [0.1, 0.15) is 17.3 Å². The van der Waals surface area contributed by atoms with Crippen LogP contribution in [-0.2, 0) is 9.53 Å². The fraction of sp³-hybridized carbons (Fsp3) is 0.190. The van der Waals surface area contributed by atoms with Crippen LogP contribution in [0.5, 0.6) is 5.75 Å². The zero-order chi connectivity index (χ0) is 21.1. The van der Waals surface area contributed by atoms with Gasteiger partial charge in [-0.25, -0.2) is 4.79 Å². The molecule has 3 aromatic rings. The predicted octanol–water partition coefficient (Wildman–Crippen LogP) is 3.04. The van der Waals surface area contributed by atoms with Gasteiger partial charge in [-0.15, -0.1) is 0 Å². The van der Waals surface area contributed by atoms with E-state index in [1.165, 1.54) is 25.3 Å². The number of carboxylic acid groups (broad SMARTS) is 1. The molecule has 1 atom stereocenters. The molecular weight excluding hydrogens is 378 g/mol. The van der Waals surface area contributed by atoms with Gasteiger partial charge in [0.15, 0.2) is 0 Å². The van der Waals surface area contributed by atoms with Crippen LogP contribution in [0.1, 0.15) is 39.7 Å². The van der Waals surface area contributed by atoms with Gasteiger partial charge in [0, 0.05) is 11.3 Å². The molecule has 8 nitrogen and oxygen atoms in total. The number of aryl methyl sites for hydroxylation is 1. The van der Waals surface area contributed by atoms with E-state index < -0.39 is 23.4 Å². The molecule has 0 spiro atoms. The van der Waals surface area contributed by atoms with Crippen LogP contribution in [0.25, 0.3) is 11.3 Å². The largest absolute Gasteiger partial charge is 0.507 e. The summed E-state index contributed by atoms with van der Waals surface area (Å²) in [5, 5.41) is 19.5. The summed E-state index contributed by atoms with van der Waals surface area (Å²) in [5.74, 6) is -2.18. The Balaban J connectivity index is 2.07. The van der Waals surface area contributed by atoms with Crippen molar-refractivity contribution in [3.8, 4) is 17.1 Å². The van der Waals surface area contributed by atoms with Crippen LogP contribution in [0.4, 0.5) is 0 Å². The summed E-state index contributed by atoms with van der Waals surface area (Å²) in [6.45, 7) is 1.63. The van der Waals surface area contributed by atoms with E-state index in [2.05, 4.69) is 4.98 Å². The topological polar surface area (TPSA) is 130 Å². The first-order valence-electron chi connectivity index (χ1n) is 8.73. The minimum absolute atomic E-state index is 0.0128. The van der Waals surface area contributed by atoms with E-state index in [1.54, 1.807) is 31.2 Å². The van der Waals surface area contributed by atoms with Crippen molar-refractivity contribution in [2.75, 3.05) is 7.11 Å². The van der Waals surface area contributed by atoms with Crippen LogP contribution in [0.3, 0.4) is 0 Å². The highest BCUT2D eigenvalue weighted by Crippen LogP contribution is 2.35. The molecule has 8 heteroatoms. The van der Waals surface area contributed by atoms with E-state index in [-0.39, 0.29) is 29.1 Å². The number of methoxy groups -OCH3 is 1. The number of nitrogens with one attached hydrogen (secondary N) is 1. The van der Waals surface area contributed by atoms with Crippen molar-refractivity contribution < 1.29 is 29.0 Å². The number of benzene rings is 1. The molecule has 0 saturated carbocycles. The van der Waals surface area contributed by atoms with Crippen LogP contribution < -0.4 is 5.56 Å². The fourth-order valence-electron chi connectivity index (χ4n) is 3.11. The zero-order valence-electron chi connectivity index (χ0n) is 15.8. The van der Waals surface area contributed by atoms with Gasteiger partial charge < -0.3 is 24.4 Å². The number of carboxylic acids is 1. The lowest BCUT2D eigenvalue weighted by molar-refractivity contribution is -0.140. The highest BCUT2D eigenvalue weighted by atomic mass is 16.5. The van der Waals surface area contributed by atoms with Gasteiger partial charge in [-0.2, -0.15) is 0 Å². The Kier molecular flexibility index (Phi) is 5.54.